The van der Waals surface area contributed by atoms with Crippen molar-refractivity contribution in [3.05, 3.63) is 43.0 Å². The lowest BCUT2D eigenvalue weighted by atomic mass is 10.1. The van der Waals surface area contributed by atoms with Crippen molar-refractivity contribution in [2.24, 2.45) is 0 Å². The van der Waals surface area contributed by atoms with Gasteiger partial charge in [0.1, 0.15) is 0 Å². The first-order valence-electron chi connectivity index (χ1n) is 4.49. The molecule has 0 unspecified atom stereocenters. The van der Waals surface area contributed by atoms with Crippen LogP contribution in [0.15, 0.2) is 43.0 Å². The van der Waals surface area contributed by atoms with Crippen LogP contribution < -0.4 is 0 Å². The SMILES string of the molecule is c1ncc(-c2ccc3cc[nH]c3c2)[nH]1. The maximum absolute atomic E-state index is 4.00. The Morgan fingerprint density at radius 3 is 2.93 bits per heavy atom. The van der Waals surface area contributed by atoms with Crippen molar-refractivity contribution in [2.45, 2.75) is 0 Å². The second-order valence-corrected chi connectivity index (χ2v) is 3.24. The van der Waals surface area contributed by atoms with Crippen molar-refractivity contribution in [2.75, 3.05) is 0 Å². The number of nitrogens with zero attached hydrogens (tertiary/aromatic N) is 1. The van der Waals surface area contributed by atoms with Gasteiger partial charge in [0.25, 0.3) is 0 Å². The number of hydrogen-bond donors (Lipinski definition) is 2. The number of aromatic amines is 2. The Balaban J connectivity index is 2.23. The van der Waals surface area contributed by atoms with E-state index < -0.39 is 0 Å². The van der Waals surface area contributed by atoms with E-state index in [-0.39, 0.29) is 0 Å². The molecule has 2 aromatic heterocycles. The molecule has 3 aromatic rings. The largest absolute Gasteiger partial charge is 0.361 e. The van der Waals surface area contributed by atoms with Gasteiger partial charge in [-0.3, -0.25) is 0 Å². The first-order chi connectivity index (χ1) is 6.93. The molecule has 0 bridgehead atoms. The molecule has 0 atom stereocenters. The van der Waals surface area contributed by atoms with Crippen molar-refractivity contribution < 1.29 is 0 Å². The summed E-state index contributed by atoms with van der Waals surface area (Å²) >= 11 is 0. The number of hydrogen-bond acceptors (Lipinski definition) is 1. The van der Waals surface area contributed by atoms with Crippen LogP contribution in [-0.4, -0.2) is 15.0 Å². The summed E-state index contributed by atoms with van der Waals surface area (Å²) in [5, 5.41) is 1.23. The van der Waals surface area contributed by atoms with Crippen molar-refractivity contribution >= 4 is 10.9 Å². The summed E-state index contributed by atoms with van der Waals surface area (Å²) in [5.41, 5.74) is 3.34. The zero-order valence-corrected chi connectivity index (χ0v) is 7.49. The third-order valence-corrected chi connectivity index (χ3v) is 2.36. The Morgan fingerprint density at radius 1 is 1.07 bits per heavy atom. The molecule has 1 aromatic carbocycles. The van der Waals surface area contributed by atoms with Gasteiger partial charge in [0.2, 0.25) is 0 Å². The maximum Gasteiger partial charge on any atom is 0.0924 e. The second kappa shape index (κ2) is 2.73. The van der Waals surface area contributed by atoms with E-state index in [2.05, 4.69) is 39.2 Å². The molecule has 3 rings (SSSR count). The van der Waals surface area contributed by atoms with Gasteiger partial charge >= 0.3 is 0 Å². The molecule has 0 aliphatic rings. The first kappa shape index (κ1) is 7.38. The molecule has 2 N–H and O–H groups in total. The Labute approximate surface area is 80.8 Å². The lowest BCUT2D eigenvalue weighted by Gasteiger charge is -1.97. The summed E-state index contributed by atoms with van der Waals surface area (Å²) in [6.45, 7) is 0. The summed E-state index contributed by atoms with van der Waals surface area (Å²) in [6.07, 6.45) is 5.46. The van der Waals surface area contributed by atoms with E-state index in [1.807, 2.05) is 12.4 Å². The van der Waals surface area contributed by atoms with E-state index in [1.54, 1.807) is 6.33 Å². The summed E-state index contributed by atoms with van der Waals surface area (Å²) in [6, 6.07) is 8.36. The monoisotopic (exact) mass is 183 g/mol. The van der Waals surface area contributed by atoms with E-state index in [4.69, 9.17) is 0 Å². The van der Waals surface area contributed by atoms with Gasteiger partial charge in [0, 0.05) is 17.3 Å². The average molecular weight is 183 g/mol. The molecule has 0 saturated heterocycles. The fourth-order valence-electron chi connectivity index (χ4n) is 1.63. The highest BCUT2D eigenvalue weighted by molar-refractivity contribution is 5.83. The molecule has 0 radical (unpaired) electrons. The highest BCUT2D eigenvalue weighted by Gasteiger charge is 2.00. The molecule has 0 saturated carbocycles. The van der Waals surface area contributed by atoms with E-state index in [9.17, 15) is 0 Å². The first-order valence-corrected chi connectivity index (χ1v) is 4.49. The molecular weight excluding hydrogens is 174 g/mol. The van der Waals surface area contributed by atoms with Crippen LogP contribution in [0.2, 0.25) is 0 Å². The minimum absolute atomic E-state index is 1.04. The average Bonchev–Trinajstić information content (AvgIpc) is 2.88. The fraction of sp³-hybridized carbons (Fsp3) is 0. The van der Waals surface area contributed by atoms with Crippen LogP contribution in [0.1, 0.15) is 0 Å². The van der Waals surface area contributed by atoms with Crippen LogP contribution in [0.4, 0.5) is 0 Å². The minimum Gasteiger partial charge on any atom is -0.361 e. The molecular formula is C11H9N3. The van der Waals surface area contributed by atoms with Crippen LogP contribution in [-0.2, 0) is 0 Å². The van der Waals surface area contributed by atoms with Gasteiger partial charge in [-0.1, -0.05) is 12.1 Å². The topological polar surface area (TPSA) is 44.5 Å². The van der Waals surface area contributed by atoms with Crippen molar-refractivity contribution in [3.8, 4) is 11.3 Å². The number of nitrogens with one attached hydrogen (secondary N) is 2. The highest BCUT2D eigenvalue weighted by atomic mass is 14.9. The number of imidazole rings is 1. The number of H-pyrrole nitrogens is 2. The fourth-order valence-corrected chi connectivity index (χ4v) is 1.63. The predicted molar refractivity (Wildman–Crippen MR) is 55.9 cm³/mol. The zero-order chi connectivity index (χ0) is 9.38. The van der Waals surface area contributed by atoms with Crippen LogP contribution in [0, 0.1) is 0 Å². The quantitative estimate of drug-likeness (QED) is 0.598. The number of aromatic nitrogens is 3. The molecule has 0 spiro atoms. The van der Waals surface area contributed by atoms with E-state index in [0.29, 0.717) is 0 Å². The molecule has 0 fully saturated rings. The van der Waals surface area contributed by atoms with Gasteiger partial charge in [-0.2, -0.15) is 0 Å². The number of fused-ring (bicyclic) bond motifs is 1. The summed E-state index contributed by atoms with van der Waals surface area (Å²) < 4.78 is 0. The Hall–Kier alpha value is -2.03. The van der Waals surface area contributed by atoms with E-state index >= 15 is 0 Å². The Bertz CT molecular complexity index is 549. The lowest BCUT2D eigenvalue weighted by Crippen LogP contribution is -1.76. The van der Waals surface area contributed by atoms with Gasteiger partial charge in [-0.15, -0.1) is 0 Å². The van der Waals surface area contributed by atoms with Crippen LogP contribution in [0.25, 0.3) is 22.2 Å². The number of rotatable bonds is 1. The van der Waals surface area contributed by atoms with Gasteiger partial charge in [0.05, 0.1) is 18.2 Å². The molecule has 2 heterocycles. The van der Waals surface area contributed by atoms with E-state index in [1.165, 1.54) is 5.39 Å². The summed E-state index contributed by atoms with van der Waals surface area (Å²) in [7, 11) is 0. The highest BCUT2D eigenvalue weighted by Crippen LogP contribution is 2.21. The normalized spacial score (nSPS) is 10.9. The molecule has 0 aliphatic carbocycles. The summed E-state index contributed by atoms with van der Waals surface area (Å²) in [4.78, 5) is 10.3. The van der Waals surface area contributed by atoms with Gasteiger partial charge < -0.3 is 9.97 Å². The molecule has 3 heteroatoms. The molecule has 14 heavy (non-hydrogen) atoms. The molecule has 0 amide bonds. The van der Waals surface area contributed by atoms with Crippen molar-refractivity contribution in [3.63, 3.8) is 0 Å². The smallest absolute Gasteiger partial charge is 0.0924 e. The van der Waals surface area contributed by atoms with Crippen molar-refractivity contribution in [1.82, 2.24) is 15.0 Å². The molecule has 0 aliphatic heterocycles. The number of benzene rings is 1. The van der Waals surface area contributed by atoms with Gasteiger partial charge in [-0.05, 0) is 17.5 Å². The van der Waals surface area contributed by atoms with E-state index in [0.717, 1.165) is 16.8 Å². The maximum atomic E-state index is 4.00. The third kappa shape index (κ3) is 1.03. The van der Waals surface area contributed by atoms with Crippen LogP contribution >= 0.6 is 0 Å². The summed E-state index contributed by atoms with van der Waals surface area (Å²) in [5.74, 6) is 0. The Morgan fingerprint density at radius 2 is 2.07 bits per heavy atom. The third-order valence-electron chi connectivity index (χ3n) is 2.36. The van der Waals surface area contributed by atoms with Gasteiger partial charge in [-0.25, -0.2) is 4.98 Å². The second-order valence-electron chi connectivity index (χ2n) is 3.24. The predicted octanol–water partition coefficient (Wildman–Crippen LogP) is 2.56. The molecule has 68 valence electrons. The minimum atomic E-state index is 1.04. The zero-order valence-electron chi connectivity index (χ0n) is 7.49. The van der Waals surface area contributed by atoms with Crippen LogP contribution in [0.3, 0.4) is 0 Å². The van der Waals surface area contributed by atoms with Gasteiger partial charge in [0.15, 0.2) is 0 Å². The standard InChI is InChI=1S/C11H9N3/c1-2-9(11-6-12-7-14-11)5-10-8(1)3-4-13-10/h1-7,13H,(H,12,14). The van der Waals surface area contributed by atoms with Crippen molar-refractivity contribution in [1.29, 1.82) is 0 Å². The molecule has 3 nitrogen and oxygen atoms in total. The lowest BCUT2D eigenvalue weighted by molar-refractivity contribution is 1.31. The Kier molecular flexibility index (Phi) is 1.44. The van der Waals surface area contributed by atoms with Crippen LogP contribution in [0.5, 0.6) is 0 Å².